The number of carbonyl (C=O) groups is 1. The summed E-state index contributed by atoms with van der Waals surface area (Å²) in [4.78, 5) is 17.9. The SMILES string of the molecule is CCN(C(=O)c1ccc(C)o1)c1ccc(N)cn1. The predicted molar refractivity (Wildman–Crippen MR) is 69.4 cm³/mol. The first-order chi connectivity index (χ1) is 8.61. The summed E-state index contributed by atoms with van der Waals surface area (Å²) < 4.78 is 5.33. The number of amides is 1. The molecular formula is C13H15N3O2. The van der Waals surface area contributed by atoms with E-state index in [0.29, 0.717) is 29.6 Å². The topological polar surface area (TPSA) is 72.4 Å². The molecule has 18 heavy (non-hydrogen) atoms. The van der Waals surface area contributed by atoms with Gasteiger partial charge in [-0.3, -0.25) is 9.69 Å². The summed E-state index contributed by atoms with van der Waals surface area (Å²) >= 11 is 0. The third-order valence-corrected chi connectivity index (χ3v) is 2.56. The molecule has 1 amide bonds. The molecule has 0 spiro atoms. The molecule has 0 aliphatic carbocycles. The van der Waals surface area contributed by atoms with E-state index in [-0.39, 0.29) is 5.91 Å². The predicted octanol–water partition coefficient (Wildman–Crippen LogP) is 2.23. The maximum absolute atomic E-state index is 12.2. The van der Waals surface area contributed by atoms with Gasteiger partial charge in [0.25, 0.3) is 5.91 Å². The Bertz CT molecular complexity index is 546. The Hall–Kier alpha value is -2.30. The number of aryl methyl sites for hydroxylation is 1. The van der Waals surface area contributed by atoms with Gasteiger partial charge in [-0.25, -0.2) is 4.98 Å². The normalized spacial score (nSPS) is 10.3. The van der Waals surface area contributed by atoms with Crippen LogP contribution in [0, 0.1) is 6.92 Å². The van der Waals surface area contributed by atoms with Gasteiger partial charge in [-0.1, -0.05) is 0 Å². The summed E-state index contributed by atoms with van der Waals surface area (Å²) in [5, 5.41) is 0. The van der Waals surface area contributed by atoms with Crippen molar-refractivity contribution in [3.63, 3.8) is 0 Å². The lowest BCUT2D eigenvalue weighted by atomic mass is 10.3. The molecule has 0 saturated heterocycles. The maximum Gasteiger partial charge on any atom is 0.295 e. The van der Waals surface area contributed by atoms with Gasteiger partial charge in [0, 0.05) is 6.54 Å². The molecule has 2 rings (SSSR count). The molecule has 2 aromatic heterocycles. The number of rotatable bonds is 3. The number of pyridine rings is 1. The van der Waals surface area contributed by atoms with Gasteiger partial charge in [-0.2, -0.15) is 0 Å². The number of hydrogen-bond acceptors (Lipinski definition) is 4. The molecule has 0 aliphatic rings. The minimum absolute atomic E-state index is 0.206. The fraction of sp³-hybridized carbons (Fsp3) is 0.231. The largest absolute Gasteiger partial charge is 0.456 e. The van der Waals surface area contributed by atoms with E-state index in [0.717, 1.165) is 0 Å². The number of anilines is 2. The van der Waals surface area contributed by atoms with Gasteiger partial charge < -0.3 is 10.2 Å². The number of furan rings is 1. The molecule has 2 N–H and O–H groups in total. The Balaban J connectivity index is 2.28. The molecule has 0 aromatic carbocycles. The van der Waals surface area contributed by atoms with Crippen LogP contribution in [0.5, 0.6) is 0 Å². The van der Waals surface area contributed by atoms with E-state index in [9.17, 15) is 4.79 Å². The van der Waals surface area contributed by atoms with Gasteiger partial charge in [0.15, 0.2) is 5.76 Å². The number of aromatic nitrogens is 1. The molecular weight excluding hydrogens is 230 g/mol. The fourth-order valence-corrected chi connectivity index (χ4v) is 1.65. The van der Waals surface area contributed by atoms with Crippen molar-refractivity contribution < 1.29 is 9.21 Å². The van der Waals surface area contributed by atoms with Gasteiger partial charge in [0.05, 0.1) is 11.9 Å². The molecule has 5 nitrogen and oxygen atoms in total. The first kappa shape index (κ1) is 12.2. The van der Waals surface area contributed by atoms with Gasteiger partial charge in [0.2, 0.25) is 0 Å². The number of hydrogen-bond donors (Lipinski definition) is 1. The Kier molecular flexibility index (Phi) is 3.32. The molecule has 94 valence electrons. The Morgan fingerprint density at radius 2 is 2.17 bits per heavy atom. The van der Waals surface area contributed by atoms with Crippen LogP contribution in [-0.2, 0) is 0 Å². The van der Waals surface area contributed by atoms with Crippen molar-refractivity contribution in [2.45, 2.75) is 13.8 Å². The Morgan fingerprint density at radius 3 is 2.67 bits per heavy atom. The average molecular weight is 245 g/mol. The minimum Gasteiger partial charge on any atom is -0.456 e. The number of nitrogens with zero attached hydrogens (tertiary/aromatic N) is 2. The van der Waals surface area contributed by atoms with Gasteiger partial charge in [-0.15, -0.1) is 0 Å². The summed E-state index contributed by atoms with van der Waals surface area (Å²) in [6.07, 6.45) is 1.53. The highest BCUT2D eigenvalue weighted by Crippen LogP contribution is 2.17. The smallest absolute Gasteiger partial charge is 0.295 e. The molecule has 0 atom stereocenters. The van der Waals surface area contributed by atoms with Crippen LogP contribution in [0.15, 0.2) is 34.9 Å². The summed E-state index contributed by atoms with van der Waals surface area (Å²) in [7, 11) is 0. The van der Waals surface area contributed by atoms with Crippen LogP contribution in [0.1, 0.15) is 23.2 Å². The number of nitrogens with two attached hydrogens (primary N) is 1. The van der Waals surface area contributed by atoms with Crippen LogP contribution < -0.4 is 10.6 Å². The van der Waals surface area contributed by atoms with E-state index in [1.807, 2.05) is 6.92 Å². The second-order valence-electron chi connectivity index (χ2n) is 3.91. The van der Waals surface area contributed by atoms with Gasteiger partial charge in [0.1, 0.15) is 11.6 Å². The van der Waals surface area contributed by atoms with Crippen molar-refractivity contribution >= 4 is 17.4 Å². The fourth-order valence-electron chi connectivity index (χ4n) is 1.65. The molecule has 5 heteroatoms. The van der Waals surface area contributed by atoms with Crippen LogP contribution in [-0.4, -0.2) is 17.4 Å². The highest BCUT2D eigenvalue weighted by molar-refractivity contribution is 6.03. The second-order valence-corrected chi connectivity index (χ2v) is 3.91. The van der Waals surface area contributed by atoms with E-state index in [2.05, 4.69) is 4.98 Å². The molecule has 0 radical (unpaired) electrons. The zero-order valence-corrected chi connectivity index (χ0v) is 10.4. The molecule has 0 unspecified atom stereocenters. The molecule has 0 aliphatic heterocycles. The zero-order chi connectivity index (χ0) is 13.1. The van der Waals surface area contributed by atoms with Crippen LogP contribution in [0.3, 0.4) is 0 Å². The second kappa shape index (κ2) is 4.91. The van der Waals surface area contributed by atoms with Crippen molar-refractivity contribution in [3.8, 4) is 0 Å². The molecule has 0 fully saturated rings. The van der Waals surface area contributed by atoms with E-state index >= 15 is 0 Å². The monoisotopic (exact) mass is 245 g/mol. The Morgan fingerprint density at radius 1 is 1.39 bits per heavy atom. The van der Waals surface area contributed by atoms with E-state index in [1.165, 1.54) is 11.1 Å². The van der Waals surface area contributed by atoms with Crippen LogP contribution in [0.25, 0.3) is 0 Å². The standard InChI is InChI=1S/C13H15N3O2/c1-3-16(12-7-5-10(14)8-15-12)13(17)11-6-4-9(2)18-11/h4-8H,3,14H2,1-2H3. The molecule has 2 heterocycles. The summed E-state index contributed by atoms with van der Waals surface area (Å²) in [5.41, 5.74) is 6.14. The first-order valence-corrected chi connectivity index (χ1v) is 5.71. The van der Waals surface area contributed by atoms with Crippen molar-refractivity contribution in [1.29, 1.82) is 0 Å². The first-order valence-electron chi connectivity index (χ1n) is 5.71. The maximum atomic E-state index is 12.2. The van der Waals surface area contributed by atoms with Crippen molar-refractivity contribution in [3.05, 3.63) is 42.0 Å². The third-order valence-electron chi connectivity index (χ3n) is 2.56. The van der Waals surface area contributed by atoms with Crippen LogP contribution >= 0.6 is 0 Å². The highest BCUT2D eigenvalue weighted by atomic mass is 16.3. The highest BCUT2D eigenvalue weighted by Gasteiger charge is 2.19. The lowest BCUT2D eigenvalue weighted by molar-refractivity contribution is 0.0959. The van der Waals surface area contributed by atoms with E-state index in [1.54, 1.807) is 31.2 Å². The molecule has 0 saturated carbocycles. The average Bonchev–Trinajstić information content (AvgIpc) is 2.79. The van der Waals surface area contributed by atoms with E-state index < -0.39 is 0 Å². The van der Waals surface area contributed by atoms with Crippen molar-refractivity contribution in [2.75, 3.05) is 17.2 Å². The zero-order valence-electron chi connectivity index (χ0n) is 10.4. The van der Waals surface area contributed by atoms with Crippen LogP contribution in [0.2, 0.25) is 0 Å². The summed E-state index contributed by atoms with van der Waals surface area (Å²) in [6, 6.07) is 6.85. The van der Waals surface area contributed by atoms with Gasteiger partial charge >= 0.3 is 0 Å². The van der Waals surface area contributed by atoms with Crippen molar-refractivity contribution in [1.82, 2.24) is 4.98 Å². The van der Waals surface area contributed by atoms with Crippen LogP contribution in [0.4, 0.5) is 11.5 Å². The molecule has 2 aromatic rings. The van der Waals surface area contributed by atoms with E-state index in [4.69, 9.17) is 10.2 Å². The lowest BCUT2D eigenvalue weighted by Gasteiger charge is -2.18. The third kappa shape index (κ3) is 2.34. The van der Waals surface area contributed by atoms with Crippen molar-refractivity contribution in [2.24, 2.45) is 0 Å². The number of carbonyl (C=O) groups excluding carboxylic acids is 1. The number of nitrogen functional groups attached to an aromatic ring is 1. The minimum atomic E-state index is -0.206. The quantitative estimate of drug-likeness (QED) is 0.900. The lowest BCUT2D eigenvalue weighted by Crippen LogP contribution is -2.31. The summed E-state index contributed by atoms with van der Waals surface area (Å²) in [5.74, 6) is 1.38. The summed E-state index contributed by atoms with van der Waals surface area (Å²) in [6.45, 7) is 4.19. The van der Waals surface area contributed by atoms with Gasteiger partial charge in [-0.05, 0) is 38.1 Å². The molecule has 0 bridgehead atoms. The Labute approximate surface area is 105 Å².